The van der Waals surface area contributed by atoms with Gasteiger partial charge in [0, 0.05) is 22.8 Å². The number of anilines is 1. The maximum Gasteiger partial charge on any atom is 0.269 e. The third-order valence-corrected chi connectivity index (χ3v) is 4.21. The van der Waals surface area contributed by atoms with Crippen LogP contribution in [0.25, 0.3) is 0 Å². The van der Waals surface area contributed by atoms with Crippen molar-refractivity contribution in [3.05, 3.63) is 68.2 Å². The number of non-ortho nitro benzene ring substituents is 1. The maximum absolute atomic E-state index is 12.4. The molecule has 0 spiro atoms. The van der Waals surface area contributed by atoms with E-state index in [1.54, 1.807) is 12.1 Å². The van der Waals surface area contributed by atoms with Gasteiger partial charge in [-0.05, 0) is 35.6 Å². The highest BCUT2D eigenvalue weighted by molar-refractivity contribution is 6.32. The summed E-state index contributed by atoms with van der Waals surface area (Å²) >= 11 is 6.23. The Kier molecular flexibility index (Phi) is 5.93. The Morgan fingerprint density at radius 3 is 2.33 bits per heavy atom. The fraction of sp³-hybridized carbons (Fsp3) is 0.278. The number of rotatable bonds is 6. The summed E-state index contributed by atoms with van der Waals surface area (Å²) in [5.74, 6) is -0.171. The van der Waals surface area contributed by atoms with Crippen LogP contribution in [0.4, 0.5) is 11.4 Å². The second-order valence-corrected chi connectivity index (χ2v) is 5.82. The van der Waals surface area contributed by atoms with Gasteiger partial charge in [0.1, 0.15) is 0 Å². The van der Waals surface area contributed by atoms with E-state index < -0.39 is 4.92 Å². The second-order valence-electron chi connectivity index (χ2n) is 5.42. The summed E-state index contributed by atoms with van der Waals surface area (Å²) in [5.41, 5.74) is 3.47. The molecule has 126 valence electrons. The maximum atomic E-state index is 12.4. The Labute approximate surface area is 145 Å². The molecule has 0 aliphatic rings. The summed E-state index contributed by atoms with van der Waals surface area (Å²) in [4.78, 5) is 22.6. The Hall–Kier alpha value is -2.40. The fourth-order valence-electron chi connectivity index (χ4n) is 2.57. The van der Waals surface area contributed by atoms with Crippen LogP contribution < -0.4 is 5.32 Å². The summed E-state index contributed by atoms with van der Waals surface area (Å²) in [6.07, 6.45) is 1.66. The molecule has 0 aliphatic heterocycles. The number of hydrogen-bond acceptors (Lipinski definition) is 3. The van der Waals surface area contributed by atoms with Crippen LogP contribution in [0.1, 0.15) is 30.5 Å². The molecule has 0 aromatic heterocycles. The van der Waals surface area contributed by atoms with Gasteiger partial charge in [-0.1, -0.05) is 43.6 Å². The van der Waals surface area contributed by atoms with E-state index in [0.29, 0.717) is 5.02 Å². The zero-order chi connectivity index (χ0) is 17.7. The second kappa shape index (κ2) is 7.93. The van der Waals surface area contributed by atoms with Crippen molar-refractivity contribution >= 4 is 28.9 Å². The van der Waals surface area contributed by atoms with E-state index in [1.165, 1.54) is 12.1 Å². The molecule has 2 aromatic carbocycles. The van der Waals surface area contributed by atoms with Crippen molar-refractivity contribution in [2.75, 3.05) is 5.32 Å². The number of carbonyl (C=O) groups is 1. The molecule has 6 heteroatoms. The number of benzene rings is 2. The van der Waals surface area contributed by atoms with Crippen molar-refractivity contribution in [3.63, 3.8) is 0 Å². The van der Waals surface area contributed by atoms with Crippen molar-refractivity contribution in [1.29, 1.82) is 0 Å². The molecular formula is C18H19ClN2O3. The molecular weight excluding hydrogens is 328 g/mol. The SMILES string of the molecule is CCc1ccc(Cl)c(CC)c1NC(=O)Cc1ccc([N+](=O)[O-])cc1. The largest absolute Gasteiger partial charge is 0.325 e. The van der Waals surface area contributed by atoms with Crippen LogP contribution in [-0.2, 0) is 24.1 Å². The minimum absolute atomic E-state index is 0.00976. The number of hydrogen-bond donors (Lipinski definition) is 1. The van der Waals surface area contributed by atoms with Crippen molar-refractivity contribution in [1.82, 2.24) is 0 Å². The van der Waals surface area contributed by atoms with Gasteiger partial charge in [-0.25, -0.2) is 0 Å². The quantitative estimate of drug-likeness (QED) is 0.615. The van der Waals surface area contributed by atoms with E-state index in [0.717, 1.165) is 35.2 Å². The van der Waals surface area contributed by atoms with Gasteiger partial charge in [0.15, 0.2) is 0 Å². The molecule has 24 heavy (non-hydrogen) atoms. The van der Waals surface area contributed by atoms with E-state index in [1.807, 2.05) is 26.0 Å². The highest BCUT2D eigenvalue weighted by atomic mass is 35.5. The summed E-state index contributed by atoms with van der Waals surface area (Å²) < 4.78 is 0. The van der Waals surface area contributed by atoms with Gasteiger partial charge in [-0.3, -0.25) is 14.9 Å². The van der Waals surface area contributed by atoms with Crippen LogP contribution in [0, 0.1) is 10.1 Å². The van der Waals surface area contributed by atoms with Gasteiger partial charge >= 0.3 is 0 Å². The highest BCUT2D eigenvalue weighted by Gasteiger charge is 2.14. The van der Waals surface area contributed by atoms with Crippen molar-refractivity contribution in [2.45, 2.75) is 33.1 Å². The fourth-order valence-corrected chi connectivity index (χ4v) is 2.86. The summed E-state index contributed by atoms with van der Waals surface area (Å²) in [5, 5.41) is 14.3. The third-order valence-electron chi connectivity index (χ3n) is 3.85. The van der Waals surface area contributed by atoms with E-state index in [9.17, 15) is 14.9 Å². The first-order chi connectivity index (χ1) is 11.5. The molecule has 5 nitrogen and oxygen atoms in total. The summed E-state index contributed by atoms with van der Waals surface area (Å²) in [6.45, 7) is 4.02. The number of nitrogens with zero attached hydrogens (tertiary/aromatic N) is 1. The first-order valence-electron chi connectivity index (χ1n) is 7.79. The van der Waals surface area contributed by atoms with E-state index >= 15 is 0 Å². The Balaban J connectivity index is 2.18. The molecule has 1 N–H and O–H groups in total. The van der Waals surface area contributed by atoms with Crippen LogP contribution in [0.5, 0.6) is 0 Å². The van der Waals surface area contributed by atoms with Crippen molar-refractivity contribution in [3.8, 4) is 0 Å². The number of aryl methyl sites for hydroxylation is 1. The Morgan fingerprint density at radius 2 is 1.79 bits per heavy atom. The molecule has 0 bridgehead atoms. The van der Waals surface area contributed by atoms with Crippen LogP contribution in [0.2, 0.25) is 5.02 Å². The van der Waals surface area contributed by atoms with Gasteiger partial charge < -0.3 is 5.32 Å². The highest BCUT2D eigenvalue weighted by Crippen LogP contribution is 2.29. The summed E-state index contributed by atoms with van der Waals surface area (Å²) in [6, 6.07) is 9.76. The van der Waals surface area contributed by atoms with Gasteiger partial charge in [-0.2, -0.15) is 0 Å². The number of carbonyl (C=O) groups excluding carboxylic acids is 1. The number of nitro benzene ring substituents is 1. The van der Waals surface area contributed by atoms with Crippen LogP contribution in [-0.4, -0.2) is 10.8 Å². The predicted molar refractivity (Wildman–Crippen MR) is 95.6 cm³/mol. The zero-order valence-electron chi connectivity index (χ0n) is 13.6. The minimum Gasteiger partial charge on any atom is -0.325 e. The van der Waals surface area contributed by atoms with E-state index in [4.69, 9.17) is 11.6 Å². The van der Waals surface area contributed by atoms with Crippen molar-refractivity contribution < 1.29 is 9.72 Å². The lowest BCUT2D eigenvalue weighted by molar-refractivity contribution is -0.384. The average Bonchev–Trinajstić information content (AvgIpc) is 2.55. The molecule has 0 fully saturated rings. The molecule has 1 amide bonds. The first-order valence-corrected chi connectivity index (χ1v) is 8.17. The Morgan fingerprint density at radius 1 is 1.12 bits per heavy atom. The van der Waals surface area contributed by atoms with Crippen LogP contribution in [0.3, 0.4) is 0 Å². The molecule has 0 heterocycles. The Bertz CT molecular complexity index is 758. The standard InChI is InChI=1S/C18H19ClN2O3/c1-3-13-7-10-16(19)15(4-2)18(13)20-17(22)11-12-5-8-14(9-6-12)21(23)24/h5-10H,3-4,11H2,1-2H3,(H,20,22). The molecule has 0 aliphatic carbocycles. The summed E-state index contributed by atoms with van der Waals surface area (Å²) in [7, 11) is 0. The van der Waals surface area contributed by atoms with Crippen molar-refractivity contribution in [2.24, 2.45) is 0 Å². The smallest absolute Gasteiger partial charge is 0.269 e. The number of amides is 1. The topological polar surface area (TPSA) is 72.2 Å². The molecule has 0 unspecified atom stereocenters. The lowest BCUT2D eigenvalue weighted by Gasteiger charge is -2.16. The van der Waals surface area contributed by atoms with E-state index in [2.05, 4.69) is 5.32 Å². The number of halogens is 1. The molecule has 2 rings (SSSR count). The zero-order valence-corrected chi connectivity index (χ0v) is 14.4. The van der Waals surface area contributed by atoms with Gasteiger partial charge in [0.05, 0.1) is 11.3 Å². The molecule has 0 radical (unpaired) electrons. The lowest BCUT2D eigenvalue weighted by Crippen LogP contribution is -2.17. The minimum atomic E-state index is -0.461. The van der Waals surface area contributed by atoms with E-state index in [-0.39, 0.29) is 18.0 Å². The lowest BCUT2D eigenvalue weighted by atomic mass is 10.0. The number of nitrogens with one attached hydrogen (secondary N) is 1. The van der Waals surface area contributed by atoms with Crippen LogP contribution in [0.15, 0.2) is 36.4 Å². The van der Waals surface area contributed by atoms with Gasteiger partial charge in [0.2, 0.25) is 5.91 Å². The molecule has 0 saturated carbocycles. The monoisotopic (exact) mass is 346 g/mol. The molecule has 2 aromatic rings. The first kappa shape index (κ1) is 17.9. The molecule has 0 atom stereocenters. The van der Waals surface area contributed by atoms with Gasteiger partial charge in [-0.15, -0.1) is 0 Å². The van der Waals surface area contributed by atoms with Gasteiger partial charge in [0.25, 0.3) is 5.69 Å². The normalized spacial score (nSPS) is 10.5. The predicted octanol–water partition coefficient (Wildman–Crippen LogP) is 4.55. The average molecular weight is 347 g/mol. The number of nitro groups is 1. The molecule has 0 saturated heterocycles. The third kappa shape index (κ3) is 4.11. The van der Waals surface area contributed by atoms with Crippen LogP contribution >= 0.6 is 11.6 Å².